The van der Waals surface area contributed by atoms with E-state index in [2.05, 4.69) is 25.9 Å². The fourth-order valence-electron chi connectivity index (χ4n) is 4.01. The quantitative estimate of drug-likeness (QED) is 0.669. The SMILES string of the molecule is O=C(CCCN1C(=O)c2ccccc2N2C(=O)c3ccccc3[C@H]12)Nc1nn[nH]n1. The molecule has 1 atom stereocenters. The number of tetrazole rings is 1. The van der Waals surface area contributed by atoms with Crippen LogP contribution in [0.5, 0.6) is 0 Å². The van der Waals surface area contributed by atoms with Crippen LogP contribution in [0.3, 0.4) is 0 Å². The van der Waals surface area contributed by atoms with E-state index in [0.717, 1.165) is 5.56 Å². The number of anilines is 2. The second kappa shape index (κ2) is 7.07. The lowest BCUT2D eigenvalue weighted by Crippen LogP contribution is -2.48. The van der Waals surface area contributed by atoms with Gasteiger partial charge in [-0.25, -0.2) is 0 Å². The monoisotopic (exact) mass is 403 g/mol. The zero-order valence-electron chi connectivity index (χ0n) is 15.8. The summed E-state index contributed by atoms with van der Waals surface area (Å²) in [6, 6.07) is 14.4. The number of nitrogens with one attached hydrogen (secondary N) is 2. The molecule has 10 heteroatoms. The maximum Gasteiger partial charge on any atom is 0.269 e. The molecule has 0 unspecified atom stereocenters. The Labute approximate surface area is 170 Å². The first-order valence-corrected chi connectivity index (χ1v) is 9.51. The molecule has 0 spiro atoms. The molecule has 10 nitrogen and oxygen atoms in total. The summed E-state index contributed by atoms with van der Waals surface area (Å²) in [7, 11) is 0. The topological polar surface area (TPSA) is 124 Å². The Balaban J connectivity index is 1.41. The van der Waals surface area contributed by atoms with Crippen molar-refractivity contribution in [2.45, 2.75) is 19.0 Å². The van der Waals surface area contributed by atoms with Gasteiger partial charge < -0.3 is 4.90 Å². The normalized spacial score (nSPS) is 16.9. The molecule has 0 fully saturated rings. The largest absolute Gasteiger partial charge is 0.313 e. The zero-order chi connectivity index (χ0) is 20.7. The van der Waals surface area contributed by atoms with Gasteiger partial charge in [0.25, 0.3) is 17.8 Å². The molecule has 0 saturated heterocycles. The molecular formula is C20H17N7O3. The summed E-state index contributed by atoms with van der Waals surface area (Å²) in [6.45, 7) is 0.315. The van der Waals surface area contributed by atoms with E-state index < -0.39 is 6.17 Å². The van der Waals surface area contributed by atoms with Gasteiger partial charge in [0.15, 0.2) is 0 Å². The molecule has 5 rings (SSSR count). The Hall–Kier alpha value is -4.08. The molecule has 2 aliphatic heterocycles. The number of para-hydroxylation sites is 1. The van der Waals surface area contributed by atoms with E-state index in [1.54, 1.807) is 34.1 Å². The molecule has 3 aromatic rings. The van der Waals surface area contributed by atoms with Crippen LogP contribution in [0.4, 0.5) is 11.6 Å². The number of benzene rings is 2. The molecule has 3 amide bonds. The fraction of sp³-hybridized carbons (Fsp3) is 0.200. The van der Waals surface area contributed by atoms with Crippen LogP contribution < -0.4 is 10.2 Å². The van der Waals surface area contributed by atoms with Crippen molar-refractivity contribution in [3.05, 3.63) is 65.2 Å². The highest BCUT2D eigenvalue weighted by Gasteiger charge is 2.47. The summed E-state index contributed by atoms with van der Waals surface area (Å²) >= 11 is 0. The average molecular weight is 403 g/mol. The molecule has 150 valence electrons. The van der Waals surface area contributed by atoms with Gasteiger partial charge in [0, 0.05) is 24.1 Å². The fourth-order valence-corrected chi connectivity index (χ4v) is 4.01. The number of carbonyl (C=O) groups excluding carboxylic acids is 3. The van der Waals surface area contributed by atoms with Crippen LogP contribution in [0.1, 0.15) is 45.3 Å². The summed E-state index contributed by atoms with van der Waals surface area (Å²) < 4.78 is 0. The van der Waals surface area contributed by atoms with Gasteiger partial charge in [0.2, 0.25) is 5.91 Å². The number of nitrogens with zero attached hydrogens (tertiary/aromatic N) is 5. The van der Waals surface area contributed by atoms with Crippen LogP contribution in [0.15, 0.2) is 48.5 Å². The van der Waals surface area contributed by atoms with Crippen LogP contribution in [-0.2, 0) is 4.79 Å². The van der Waals surface area contributed by atoms with Crippen molar-refractivity contribution in [2.75, 3.05) is 16.8 Å². The first kappa shape index (κ1) is 18.0. The number of fused-ring (bicyclic) bond motifs is 5. The molecule has 0 radical (unpaired) electrons. The first-order chi connectivity index (χ1) is 14.6. The van der Waals surface area contributed by atoms with Gasteiger partial charge in [-0.15, -0.1) is 5.10 Å². The minimum atomic E-state index is -0.517. The highest BCUT2D eigenvalue weighted by atomic mass is 16.2. The second-order valence-electron chi connectivity index (χ2n) is 7.04. The molecule has 2 N–H and O–H groups in total. The number of hydrogen-bond acceptors (Lipinski definition) is 6. The van der Waals surface area contributed by atoms with Crippen molar-refractivity contribution < 1.29 is 14.4 Å². The Kier molecular flexibility index (Phi) is 4.24. The van der Waals surface area contributed by atoms with Crippen molar-refractivity contribution >= 4 is 29.4 Å². The number of H-pyrrole nitrogens is 1. The van der Waals surface area contributed by atoms with E-state index in [9.17, 15) is 14.4 Å². The standard InChI is InChI=1S/C20H17N7O3/c28-16(21-20-22-24-25-23-20)10-5-11-26-17-12-6-1-2-7-13(12)19(30)27(17)15-9-4-3-8-14(15)18(26)29/h1-4,6-9,17H,5,10-11H2,(H2,21,22,23,24,25,28)/t17-/m1/s1. The third kappa shape index (κ3) is 2.81. The summed E-state index contributed by atoms with van der Waals surface area (Å²) in [6.07, 6.45) is 0.0666. The van der Waals surface area contributed by atoms with Gasteiger partial charge in [0.05, 0.1) is 11.3 Å². The van der Waals surface area contributed by atoms with Gasteiger partial charge >= 0.3 is 0 Å². The highest BCUT2D eigenvalue weighted by Crippen LogP contribution is 2.45. The molecule has 0 saturated carbocycles. The van der Waals surface area contributed by atoms with E-state index in [4.69, 9.17) is 0 Å². The third-order valence-electron chi connectivity index (χ3n) is 5.28. The van der Waals surface area contributed by atoms with Crippen molar-refractivity contribution in [2.24, 2.45) is 0 Å². The van der Waals surface area contributed by atoms with E-state index in [1.807, 2.05) is 24.3 Å². The van der Waals surface area contributed by atoms with E-state index in [-0.39, 0.29) is 30.1 Å². The molecule has 1 aromatic heterocycles. The minimum Gasteiger partial charge on any atom is -0.313 e. The number of carbonyl (C=O) groups is 3. The summed E-state index contributed by atoms with van der Waals surface area (Å²) in [5.74, 6) is -0.462. The van der Waals surface area contributed by atoms with E-state index in [1.165, 1.54) is 0 Å². The number of aromatic amines is 1. The van der Waals surface area contributed by atoms with Crippen LogP contribution >= 0.6 is 0 Å². The Bertz CT molecular complexity index is 1140. The summed E-state index contributed by atoms with van der Waals surface area (Å²) in [5.41, 5.74) is 2.47. The Morgan fingerprint density at radius 3 is 2.60 bits per heavy atom. The second-order valence-corrected chi connectivity index (χ2v) is 7.04. The van der Waals surface area contributed by atoms with Crippen LogP contribution in [0.25, 0.3) is 0 Å². The molecular weight excluding hydrogens is 386 g/mol. The van der Waals surface area contributed by atoms with E-state index >= 15 is 0 Å². The van der Waals surface area contributed by atoms with Crippen LogP contribution in [0.2, 0.25) is 0 Å². The summed E-state index contributed by atoms with van der Waals surface area (Å²) in [5, 5.41) is 15.5. The van der Waals surface area contributed by atoms with Crippen LogP contribution in [0, 0.1) is 0 Å². The molecule has 0 aliphatic carbocycles. The lowest BCUT2D eigenvalue weighted by Gasteiger charge is -2.41. The number of rotatable bonds is 5. The molecule has 0 bridgehead atoms. The van der Waals surface area contributed by atoms with Gasteiger partial charge in [-0.05, 0) is 29.8 Å². The number of hydrogen-bond donors (Lipinski definition) is 2. The maximum atomic E-state index is 13.3. The average Bonchev–Trinajstić information content (AvgIpc) is 3.37. The first-order valence-electron chi connectivity index (χ1n) is 9.51. The Morgan fingerprint density at radius 2 is 1.80 bits per heavy atom. The smallest absolute Gasteiger partial charge is 0.269 e. The zero-order valence-corrected chi connectivity index (χ0v) is 15.8. The van der Waals surface area contributed by atoms with Crippen molar-refractivity contribution in [3.63, 3.8) is 0 Å². The lowest BCUT2D eigenvalue weighted by atomic mass is 10.0. The highest BCUT2D eigenvalue weighted by molar-refractivity contribution is 6.16. The van der Waals surface area contributed by atoms with Gasteiger partial charge in [-0.2, -0.15) is 5.21 Å². The van der Waals surface area contributed by atoms with Gasteiger partial charge in [-0.1, -0.05) is 35.4 Å². The van der Waals surface area contributed by atoms with E-state index in [0.29, 0.717) is 29.8 Å². The number of aromatic nitrogens is 4. The van der Waals surface area contributed by atoms with Crippen LogP contribution in [-0.4, -0.2) is 49.8 Å². The maximum absolute atomic E-state index is 13.3. The Morgan fingerprint density at radius 1 is 1.03 bits per heavy atom. The predicted molar refractivity (Wildman–Crippen MR) is 106 cm³/mol. The molecule has 2 aliphatic rings. The third-order valence-corrected chi connectivity index (χ3v) is 5.28. The lowest BCUT2D eigenvalue weighted by molar-refractivity contribution is -0.116. The van der Waals surface area contributed by atoms with Crippen molar-refractivity contribution in [3.8, 4) is 0 Å². The summed E-state index contributed by atoms with van der Waals surface area (Å²) in [4.78, 5) is 41.8. The molecule has 3 heterocycles. The molecule has 2 aromatic carbocycles. The molecule has 30 heavy (non-hydrogen) atoms. The minimum absolute atomic E-state index is 0.101. The van der Waals surface area contributed by atoms with Gasteiger partial charge in [-0.3, -0.25) is 24.6 Å². The predicted octanol–water partition coefficient (Wildman–Crippen LogP) is 1.73. The van der Waals surface area contributed by atoms with Gasteiger partial charge in [0.1, 0.15) is 6.17 Å². The number of amides is 3. The van der Waals surface area contributed by atoms with Crippen molar-refractivity contribution in [1.82, 2.24) is 25.5 Å². The van der Waals surface area contributed by atoms with Crippen molar-refractivity contribution in [1.29, 1.82) is 0 Å².